The molecule has 2 aromatic heterocycles. The van der Waals surface area contributed by atoms with Crippen LogP contribution in [0.25, 0.3) is 0 Å². The number of carbonyl (C=O) groups excluding carboxylic acids is 1. The van der Waals surface area contributed by atoms with Crippen LogP contribution in [0, 0.1) is 6.92 Å². The van der Waals surface area contributed by atoms with Crippen LogP contribution in [0.4, 0.5) is 0 Å². The van der Waals surface area contributed by atoms with E-state index in [1.165, 1.54) is 0 Å². The maximum atomic E-state index is 11.8. The van der Waals surface area contributed by atoms with Crippen molar-refractivity contribution in [1.29, 1.82) is 0 Å². The van der Waals surface area contributed by atoms with Gasteiger partial charge in [0.2, 0.25) is 5.88 Å². The van der Waals surface area contributed by atoms with Crippen LogP contribution in [-0.2, 0) is 19.6 Å². The fourth-order valence-corrected chi connectivity index (χ4v) is 2.44. The molecule has 21 heavy (non-hydrogen) atoms. The lowest BCUT2D eigenvalue weighted by Gasteiger charge is -2.14. The number of aromatic nitrogens is 4. The third kappa shape index (κ3) is 2.79. The zero-order valence-electron chi connectivity index (χ0n) is 12.3. The predicted molar refractivity (Wildman–Crippen MR) is 76.3 cm³/mol. The maximum Gasteiger partial charge on any atom is 0.213 e. The van der Waals surface area contributed by atoms with Crippen LogP contribution < -0.4 is 4.74 Å². The predicted octanol–water partition coefficient (Wildman–Crippen LogP) is 2.10. The fraction of sp³-hybridized carbons (Fsp3) is 0.467. The Morgan fingerprint density at radius 1 is 1.29 bits per heavy atom. The summed E-state index contributed by atoms with van der Waals surface area (Å²) in [5.41, 5.74) is 3.26. The van der Waals surface area contributed by atoms with Crippen molar-refractivity contribution < 1.29 is 9.53 Å². The number of hydrogen-bond acceptors (Lipinski definition) is 5. The second-order valence-electron chi connectivity index (χ2n) is 5.13. The average Bonchev–Trinajstić information content (AvgIpc) is 2.86. The number of pyridine rings is 1. The lowest BCUT2D eigenvalue weighted by atomic mass is 9.95. The molecule has 0 bridgehead atoms. The summed E-state index contributed by atoms with van der Waals surface area (Å²) in [6.07, 6.45) is 2.32. The highest BCUT2D eigenvalue weighted by Gasteiger charge is 2.19. The molecule has 2 heterocycles. The fourth-order valence-electron chi connectivity index (χ4n) is 2.44. The topological polar surface area (TPSA) is 69.9 Å². The highest BCUT2D eigenvalue weighted by atomic mass is 16.5. The first-order valence-electron chi connectivity index (χ1n) is 7.24. The second kappa shape index (κ2) is 5.63. The lowest BCUT2D eigenvalue weighted by Crippen LogP contribution is -2.13. The van der Waals surface area contributed by atoms with E-state index in [0.29, 0.717) is 18.9 Å². The summed E-state index contributed by atoms with van der Waals surface area (Å²) < 4.78 is 5.69. The Kier molecular flexibility index (Phi) is 3.68. The molecule has 0 aromatic carbocycles. The van der Waals surface area contributed by atoms with Crippen molar-refractivity contribution in [3.8, 4) is 5.88 Å². The van der Waals surface area contributed by atoms with E-state index in [0.717, 1.165) is 42.0 Å². The van der Waals surface area contributed by atoms with Crippen molar-refractivity contribution in [3.05, 3.63) is 34.8 Å². The van der Waals surface area contributed by atoms with Crippen molar-refractivity contribution in [2.75, 3.05) is 0 Å². The van der Waals surface area contributed by atoms with Gasteiger partial charge in [0.05, 0.1) is 17.9 Å². The minimum absolute atomic E-state index is 0.178. The van der Waals surface area contributed by atoms with Gasteiger partial charge in [-0.05, 0) is 32.8 Å². The quantitative estimate of drug-likeness (QED) is 0.860. The minimum Gasteiger partial charge on any atom is -0.471 e. The number of aryl methyl sites for hydroxylation is 3. The molecule has 0 saturated heterocycles. The van der Waals surface area contributed by atoms with Gasteiger partial charge < -0.3 is 4.74 Å². The van der Waals surface area contributed by atoms with Gasteiger partial charge in [-0.15, -0.1) is 0 Å². The molecule has 2 aromatic rings. The number of nitrogens with zero attached hydrogens (tertiary/aromatic N) is 4. The third-order valence-electron chi connectivity index (χ3n) is 3.63. The molecular formula is C15H18N4O2. The molecule has 1 aliphatic carbocycles. The van der Waals surface area contributed by atoms with Crippen LogP contribution in [0.2, 0.25) is 0 Å². The zero-order chi connectivity index (χ0) is 14.8. The Labute approximate surface area is 123 Å². The molecular weight excluding hydrogens is 268 g/mol. The molecule has 0 amide bonds. The molecule has 0 saturated carbocycles. The molecule has 0 radical (unpaired) electrons. The number of Topliss-reactive ketones (excluding diaryl/α,β-unsaturated/α-hetero) is 1. The summed E-state index contributed by atoms with van der Waals surface area (Å²) in [7, 11) is 0. The van der Waals surface area contributed by atoms with Crippen LogP contribution in [0.3, 0.4) is 0 Å². The van der Waals surface area contributed by atoms with Gasteiger partial charge in [0.1, 0.15) is 12.3 Å². The monoisotopic (exact) mass is 286 g/mol. The largest absolute Gasteiger partial charge is 0.471 e. The first kappa shape index (κ1) is 13.7. The SMILES string of the molecule is CCn1nc(C)c(COc2ccc3c(n2)CCCC3=O)n1. The molecule has 3 rings (SSSR count). The van der Waals surface area contributed by atoms with Crippen LogP contribution in [0.5, 0.6) is 5.88 Å². The first-order valence-corrected chi connectivity index (χ1v) is 7.24. The first-order chi connectivity index (χ1) is 10.2. The van der Waals surface area contributed by atoms with Crippen molar-refractivity contribution in [1.82, 2.24) is 20.0 Å². The Bertz CT molecular complexity index is 678. The Hall–Kier alpha value is -2.24. The van der Waals surface area contributed by atoms with Crippen LogP contribution in [-0.4, -0.2) is 25.8 Å². The van der Waals surface area contributed by atoms with Gasteiger partial charge >= 0.3 is 0 Å². The van der Waals surface area contributed by atoms with Gasteiger partial charge in [0.25, 0.3) is 0 Å². The van der Waals surface area contributed by atoms with Gasteiger partial charge in [-0.25, -0.2) is 4.98 Å². The number of fused-ring (bicyclic) bond motifs is 1. The molecule has 0 unspecified atom stereocenters. The Morgan fingerprint density at radius 3 is 2.90 bits per heavy atom. The van der Waals surface area contributed by atoms with E-state index in [1.807, 2.05) is 19.9 Å². The summed E-state index contributed by atoms with van der Waals surface area (Å²) in [6.45, 7) is 4.98. The molecule has 0 aliphatic heterocycles. The smallest absolute Gasteiger partial charge is 0.213 e. The highest BCUT2D eigenvalue weighted by molar-refractivity contribution is 5.98. The number of hydrogen-bond donors (Lipinski definition) is 0. The summed E-state index contributed by atoms with van der Waals surface area (Å²) in [6, 6.07) is 3.57. The number of ether oxygens (including phenoxy) is 1. The molecule has 0 N–H and O–H groups in total. The summed E-state index contributed by atoms with van der Waals surface area (Å²) in [4.78, 5) is 17.8. The van der Waals surface area contributed by atoms with Crippen LogP contribution in [0.15, 0.2) is 12.1 Å². The van der Waals surface area contributed by atoms with Crippen molar-refractivity contribution in [3.63, 3.8) is 0 Å². The number of carbonyl (C=O) groups is 1. The van der Waals surface area contributed by atoms with Crippen molar-refractivity contribution in [2.24, 2.45) is 0 Å². The number of rotatable bonds is 4. The van der Waals surface area contributed by atoms with Crippen molar-refractivity contribution >= 4 is 5.78 Å². The maximum absolute atomic E-state index is 11.8. The van der Waals surface area contributed by atoms with E-state index >= 15 is 0 Å². The van der Waals surface area contributed by atoms with Gasteiger partial charge in [0, 0.05) is 18.1 Å². The van der Waals surface area contributed by atoms with Gasteiger partial charge in [-0.3, -0.25) is 4.79 Å². The molecule has 110 valence electrons. The van der Waals surface area contributed by atoms with E-state index in [2.05, 4.69) is 15.2 Å². The van der Waals surface area contributed by atoms with Crippen LogP contribution in [0.1, 0.15) is 47.2 Å². The minimum atomic E-state index is 0.178. The number of ketones is 1. The van der Waals surface area contributed by atoms with E-state index in [1.54, 1.807) is 10.9 Å². The van der Waals surface area contributed by atoms with Gasteiger partial charge in [-0.2, -0.15) is 15.0 Å². The Morgan fingerprint density at radius 2 is 2.14 bits per heavy atom. The standard InChI is InChI=1S/C15H18N4O2/c1-3-19-17-10(2)13(18-19)9-21-15-8-7-11-12(16-15)5-4-6-14(11)20/h7-8H,3-6,9H2,1-2H3. The summed E-state index contributed by atoms with van der Waals surface area (Å²) >= 11 is 0. The van der Waals surface area contributed by atoms with E-state index in [-0.39, 0.29) is 5.78 Å². The normalized spacial score (nSPS) is 14.1. The average molecular weight is 286 g/mol. The van der Waals surface area contributed by atoms with E-state index in [9.17, 15) is 4.79 Å². The molecule has 1 aliphatic rings. The summed E-state index contributed by atoms with van der Waals surface area (Å²) in [5.74, 6) is 0.714. The third-order valence-corrected chi connectivity index (χ3v) is 3.63. The lowest BCUT2D eigenvalue weighted by molar-refractivity contribution is 0.0971. The molecule has 0 spiro atoms. The van der Waals surface area contributed by atoms with Gasteiger partial charge in [-0.1, -0.05) is 0 Å². The molecule has 0 atom stereocenters. The zero-order valence-corrected chi connectivity index (χ0v) is 12.3. The van der Waals surface area contributed by atoms with E-state index < -0.39 is 0 Å². The Balaban J connectivity index is 1.73. The summed E-state index contributed by atoms with van der Waals surface area (Å²) in [5, 5.41) is 8.62. The van der Waals surface area contributed by atoms with E-state index in [4.69, 9.17) is 4.74 Å². The van der Waals surface area contributed by atoms with Gasteiger partial charge in [0.15, 0.2) is 5.78 Å². The van der Waals surface area contributed by atoms with Crippen molar-refractivity contribution in [2.45, 2.75) is 46.3 Å². The molecule has 6 nitrogen and oxygen atoms in total. The van der Waals surface area contributed by atoms with Crippen LogP contribution >= 0.6 is 0 Å². The second-order valence-corrected chi connectivity index (χ2v) is 5.13. The molecule has 0 fully saturated rings. The molecule has 6 heteroatoms. The highest BCUT2D eigenvalue weighted by Crippen LogP contribution is 2.22.